The largest absolute Gasteiger partial charge is 0.497 e. The first-order valence-corrected chi connectivity index (χ1v) is 3.04. The van der Waals surface area contributed by atoms with Crippen LogP contribution in [-0.4, -0.2) is 12.9 Å². The molecule has 0 spiro atoms. The Hall–Kier alpha value is -0.790. The molecule has 1 unspecified atom stereocenters. The van der Waals surface area contributed by atoms with Crippen LogP contribution >= 0.6 is 0 Å². The van der Waals surface area contributed by atoms with Gasteiger partial charge in [-0.25, -0.2) is 0 Å². The van der Waals surface area contributed by atoms with Crippen molar-refractivity contribution in [2.24, 2.45) is 5.92 Å². The molecule has 0 N–H and O–H groups in total. The lowest BCUT2D eigenvalue weighted by atomic mass is 10.1. The van der Waals surface area contributed by atoms with Gasteiger partial charge in [0.2, 0.25) is 0 Å². The van der Waals surface area contributed by atoms with E-state index in [1.807, 2.05) is 13.8 Å². The van der Waals surface area contributed by atoms with Crippen molar-refractivity contribution >= 4 is 6.29 Å². The van der Waals surface area contributed by atoms with Gasteiger partial charge in [0.1, 0.15) is 6.29 Å². The Kier molecular flexibility index (Phi) is 1.56. The molecule has 50 valence electrons. The van der Waals surface area contributed by atoms with Crippen molar-refractivity contribution in [3.05, 3.63) is 11.3 Å². The van der Waals surface area contributed by atoms with Crippen molar-refractivity contribution in [2.45, 2.75) is 13.8 Å². The monoisotopic (exact) mass is 126 g/mol. The number of aldehydes is 1. The van der Waals surface area contributed by atoms with Gasteiger partial charge in [-0.3, -0.25) is 4.79 Å². The van der Waals surface area contributed by atoms with Crippen molar-refractivity contribution in [1.82, 2.24) is 0 Å². The van der Waals surface area contributed by atoms with Gasteiger partial charge in [0.05, 0.1) is 12.4 Å². The standard InChI is InChI=1S/C7H10O2/c1-5-4-9-6(2)7(5)3-8/h3,5H,4H2,1-2H3. The van der Waals surface area contributed by atoms with E-state index >= 15 is 0 Å². The molecule has 0 aromatic rings. The van der Waals surface area contributed by atoms with Crippen LogP contribution in [0.1, 0.15) is 13.8 Å². The molecule has 1 heterocycles. The van der Waals surface area contributed by atoms with E-state index in [1.165, 1.54) is 0 Å². The fourth-order valence-electron chi connectivity index (χ4n) is 0.969. The molecule has 2 nitrogen and oxygen atoms in total. The third-order valence-corrected chi connectivity index (χ3v) is 1.61. The zero-order valence-electron chi connectivity index (χ0n) is 5.68. The Bertz CT molecular complexity index is 158. The zero-order valence-corrected chi connectivity index (χ0v) is 5.68. The summed E-state index contributed by atoms with van der Waals surface area (Å²) in [6, 6.07) is 0. The van der Waals surface area contributed by atoms with Gasteiger partial charge in [-0.1, -0.05) is 6.92 Å². The summed E-state index contributed by atoms with van der Waals surface area (Å²) in [7, 11) is 0. The maximum Gasteiger partial charge on any atom is 0.149 e. The summed E-state index contributed by atoms with van der Waals surface area (Å²) in [5, 5.41) is 0. The van der Waals surface area contributed by atoms with Crippen LogP contribution < -0.4 is 0 Å². The van der Waals surface area contributed by atoms with Crippen molar-refractivity contribution in [1.29, 1.82) is 0 Å². The quantitative estimate of drug-likeness (QED) is 0.492. The predicted molar refractivity (Wildman–Crippen MR) is 33.9 cm³/mol. The number of ether oxygens (including phenoxy) is 1. The van der Waals surface area contributed by atoms with E-state index in [0.29, 0.717) is 12.5 Å². The van der Waals surface area contributed by atoms with Gasteiger partial charge in [0.15, 0.2) is 0 Å². The number of rotatable bonds is 1. The highest BCUT2D eigenvalue weighted by atomic mass is 16.5. The maximum atomic E-state index is 10.3. The van der Waals surface area contributed by atoms with Crippen LogP contribution in [0, 0.1) is 5.92 Å². The van der Waals surface area contributed by atoms with E-state index < -0.39 is 0 Å². The Morgan fingerprint density at radius 3 is 2.67 bits per heavy atom. The fourth-order valence-corrected chi connectivity index (χ4v) is 0.969. The van der Waals surface area contributed by atoms with Crippen LogP contribution in [0.2, 0.25) is 0 Å². The second-order valence-electron chi connectivity index (χ2n) is 2.34. The lowest BCUT2D eigenvalue weighted by molar-refractivity contribution is -0.105. The minimum absolute atomic E-state index is 0.294. The SMILES string of the molecule is CC1=C(C=O)C(C)CO1. The summed E-state index contributed by atoms with van der Waals surface area (Å²) in [5.41, 5.74) is 0.815. The topological polar surface area (TPSA) is 26.3 Å². The van der Waals surface area contributed by atoms with Crippen molar-refractivity contribution in [2.75, 3.05) is 6.61 Å². The van der Waals surface area contributed by atoms with Crippen LogP contribution in [0.15, 0.2) is 11.3 Å². The molecule has 0 fully saturated rings. The molecule has 9 heavy (non-hydrogen) atoms. The zero-order chi connectivity index (χ0) is 6.85. The second-order valence-corrected chi connectivity index (χ2v) is 2.34. The van der Waals surface area contributed by atoms with E-state index in [1.54, 1.807) is 0 Å². The highest BCUT2D eigenvalue weighted by molar-refractivity contribution is 5.75. The van der Waals surface area contributed by atoms with Gasteiger partial charge < -0.3 is 4.74 Å². The highest BCUT2D eigenvalue weighted by Gasteiger charge is 2.19. The summed E-state index contributed by atoms with van der Waals surface area (Å²) in [5.74, 6) is 1.08. The summed E-state index contributed by atoms with van der Waals surface area (Å²) in [6.45, 7) is 4.48. The number of hydrogen-bond donors (Lipinski definition) is 0. The van der Waals surface area contributed by atoms with Crippen LogP contribution in [0.25, 0.3) is 0 Å². The molecule has 1 aliphatic rings. The molecular weight excluding hydrogens is 116 g/mol. The molecule has 0 saturated carbocycles. The lowest BCUT2D eigenvalue weighted by Crippen LogP contribution is -1.98. The Morgan fingerprint density at radius 1 is 1.78 bits per heavy atom. The van der Waals surface area contributed by atoms with Gasteiger partial charge in [-0.05, 0) is 6.92 Å². The first-order valence-electron chi connectivity index (χ1n) is 3.04. The van der Waals surface area contributed by atoms with E-state index in [2.05, 4.69) is 0 Å². The van der Waals surface area contributed by atoms with E-state index in [9.17, 15) is 4.79 Å². The lowest BCUT2D eigenvalue weighted by Gasteiger charge is -1.95. The molecule has 0 bridgehead atoms. The number of carbonyl (C=O) groups excluding carboxylic acids is 1. The molecule has 0 aromatic carbocycles. The summed E-state index contributed by atoms with van der Waals surface area (Å²) in [6.07, 6.45) is 0.882. The normalized spacial score (nSPS) is 26.2. The minimum Gasteiger partial charge on any atom is -0.497 e. The first kappa shape index (κ1) is 6.33. The molecule has 2 heteroatoms. The Morgan fingerprint density at radius 2 is 2.44 bits per heavy atom. The molecular formula is C7H10O2. The van der Waals surface area contributed by atoms with Gasteiger partial charge in [0, 0.05) is 11.5 Å². The smallest absolute Gasteiger partial charge is 0.149 e. The van der Waals surface area contributed by atoms with Gasteiger partial charge in [-0.2, -0.15) is 0 Å². The van der Waals surface area contributed by atoms with E-state index in [-0.39, 0.29) is 0 Å². The Balaban J connectivity index is 2.81. The van der Waals surface area contributed by atoms with Crippen molar-refractivity contribution < 1.29 is 9.53 Å². The van der Waals surface area contributed by atoms with Gasteiger partial charge in [0.25, 0.3) is 0 Å². The van der Waals surface area contributed by atoms with Crippen LogP contribution in [0.4, 0.5) is 0 Å². The number of allylic oxidation sites excluding steroid dienone is 1. The molecule has 0 saturated heterocycles. The molecule has 0 amide bonds. The second kappa shape index (κ2) is 2.21. The van der Waals surface area contributed by atoms with Crippen molar-refractivity contribution in [3.63, 3.8) is 0 Å². The summed E-state index contributed by atoms with van der Waals surface area (Å²) in [4.78, 5) is 10.3. The highest BCUT2D eigenvalue weighted by Crippen LogP contribution is 2.21. The molecule has 0 radical (unpaired) electrons. The van der Waals surface area contributed by atoms with E-state index in [4.69, 9.17) is 4.74 Å². The molecule has 1 rings (SSSR count). The third-order valence-electron chi connectivity index (χ3n) is 1.61. The Labute approximate surface area is 54.5 Å². The third kappa shape index (κ3) is 0.969. The fraction of sp³-hybridized carbons (Fsp3) is 0.571. The molecule has 0 aromatic heterocycles. The molecule has 0 aliphatic carbocycles. The van der Waals surface area contributed by atoms with Gasteiger partial charge >= 0.3 is 0 Å². The summed E-state index contributed by atoms with van der Waals surface area (Å²) < 4.78 is 5.12. The maximum absolute atomic E-state index is 10.3. The summed E-state index contributed by atoms with van der Waals surface area (Å²) >= 11 is 0. The predicted octanol–water partition coefficient (Wildman–Crippen LogP) is 1.13. The first-order chi connectivity index (χ1) is 4.25. The average Bonchev–Trinajstić information content (AvgIpc) is 2.12. The van der Waals surface area contributed by atoms with E-state index in [0.717, 1.165) is 17.6 Å². The van der Waals surface area contributed by atoms with Crippen LogP contribution in [0.5, 0.6) is 0 Å². The molecule has 1 atom stereocenters. The van der Waals surface area contributed by atoms with Crippen molar-refractivity contribution in [3.8, 4) is 0 Å². The molecule has 1 aliphatic heterocycles. The van der Waals surface area contributed by atoms with Crippen LogP contribution in [-0.2, 0) is 9.53 Å². The number of hydrogen-bond acceptors (Lipinski definition) is 2. The average molecular weight is 126 g/mol. The minimum atomic E-state index is 0.294. The van der Waals surface area contributed by atoms with Crippen LogP contribution in [0.3, 0.4) is 0 Å². The van der Waals surface area contributed by atoms with Gasteiger partial charge in [-0.15, -0.1) is 0 Å². The number of carbonyl (C=O) groups is 1.